The lowest BCUT2D eigenvalue weighted by Crippen LogP contribution is -2.37. The number of aryl methyl sites for hydroxylation is 2. The fourth-order valence-electron chi connectivity index (χ4n) is 3.48. The number of hydrogen-bond donors (Lipinski definition) is 2. The van der Waals surface area contributed by atoms with E-state index in [1.54, 1.807) is 0 Å². The fraction of sp³-hybridized carbons (Fsp3) is 0.524. The first-order chi connectivity index (χ1) is 12.9. The van der Waals surface area contributed by atoms with Gasteiger partial charge in [-0.1, -0.05) is 38.1 Å². The molecular weight excluding hydrogens is 338 g/mol. The van der Waals surface area contributed by atoms with Gasteiger partial charge in [0.2, 0.25) is 0 Å². The molecule has 148 valence electrons. The van der Waals surface area contributed by atoms with Crippen molar-refractivity contribution in [3.05, 3.63) is 52.3 Å². The smallest absolute Gasteiger partial charge is 0.315 e. The zero-order valence-electron chi connectivity index (χ0n) is 17.5. The highest BCUT2D eigenvalue weighted by Gasteiger charge is 2.18. The summed E-state index contributed by atoms with van der Waals surface area (Å²) in [6.45, 7) is 13.8. The lowest BCUT2D eigenvalue weighted by Gasteiger charge is -2.20. The molecule has 0 aliphatic rings. The first-order valence-corrected chi connectivity index (χ1v) is 9.70. The topological polar surface area (TPSA) is 62.2 Å². The van der Waals surface area contributed by atoms with E-state index in [1.807, 2.05) is 38.6 Å². The van der Waals surface area contributed by atoms with E-state index in [0.717, 1.165) is 42.1 Å². The van der Waals surface area contributed by atoms with Gasteiger partial charge in [0.05, 0.1) is 11.7 Å². The highest BCUT2D eigenvalue weighted by molar-refractivity contribution is 5.74. The molecule has 0 radical (unpaired) electrons. The summed E-state index contributed by atoms with van der Waals surface area (Å²) < 4.78 is 1.85. The molecule has 0 fully saturated rings. The average molecular weight is 372 g/mol. The van der Waals surface area contributed by atoms with Crippen LogP contribution in [0, 0.1) is 13.8 Å². The lowest BCUT2D eigenvalue weighted by molar-refractivity contribution is 0.237. The van der Waals surface area contributed by atoms with Crippen molar-refractivity contribution in [3.63, 3.8) is 0 Å². The normalized spacial score (nSPS) is 12.3. The van der Waals surface area contributed by atoms with Crippen molar-refractivity contribution >= 4 is 6.03 Å². The Bertz CT molecular complexity index is 764. The molecule has 1 aromatic heterocycles. The Hall–Kier alpha value is -2.34. The summed E-state index contributed by atoms with van der Waals surface area (Å²) in [6, 6.07) is 8.03. The van der Waals surface area contributed by atoms with E-state index in [2.05, 4.69) is 52.7 Å². The largest absolute Gasteiger partial charge is 0.334 e. The third kappa shape index (κ3) is 5.32. The number of benzene rings is 1. The summed E-state index contributed by atoms with van der Waals surface area (Å²) in [6.07, 6.45) is 0. The van der Waals surface area contributed by atoms with Crippen molar-refractivity contribution < 1.29 is 4.79 Å². The quantitative estimate of drug-likeness (QED) is 0.747. The third-order valence-electron chi connectivity index (χ3n) is 5.19. The summed E-state index contributed by atoms with van der Waals surface area (Å²) in [5, 5.41) is 10.5. The van der Waals surface area contributed by atoms with Gasteiger partial charge in [0.25, 0.3) is 0 Å². The standard InChI is InChI=1S/C21H33N5O/c1-7-26(8-2)14-19-12-10-9-11-18(19)13-22-21(27)23-15(3)20-16(4)24-25(6)17(20)5/h9-12,15H,7-8,13-14H2,1-6H3,(H2,22,23,27). The van der Waals surface area contributed by atoms with Crippen LogP contribution in [0.1, 0.15) is 54.9 Å². The van der Waals surface area contributed by atoms with Crippen LogP contribution in [0.25, 0.3) is 0 Å². The highest BCUT2D eigenvalue weighted by atomic mass is 16.2. The SMILES string of the molecule is CCN(CC)Cc1ccccc1CNC(=O)NC(C)c1c(C)nn(C)c1C. The van der Waals surface area contributed by atoms with E-state index in [1.165, 1.54) is 5.56 Å². The number of carbonyl (C=O) groups excluding carboxylic acids is 1. The number of nitrogens with zero attached hydrogens (tertiary/aromatic N) is 3. The lowest BCUT2D eigenvalue weighted by atomic mass is 10.1. The summed E-state index contributed by atoms with van der Waals surface area (Å²) in [4.78, 5) is 14.8. The predicted octanol–water partition coefficient (Wildman–Crippen LogP) is 3.44. The second kappa shape index (κ2) is 9.55. The molecule has 1 aromatic carbocycles. The zero-order valence-corrected chi connectivity index (χ0v) is 17.5. The molecule has 27 heavy (non-hydrogen) atoms. The van der Waals surface area contributed by atoms with Crippen LogP contribution in [0.4, 0.5) is 4.79 Å². The van der Waals surface area contributed by atoms with Crippen LogP contribution in [0.3, 0.4) is 0 Å². The van der Waals surface area contributed by atoms with E-state index < -0.39 is 0 Å². The van der Waals surface area contributed by atoms with Gasteiger partial charge in [0.1, 0.15) is 0 Å². The van der Waals surface area contributed by atoms with Gasteiger partial charge < -0.3 is 10.6 Å². The molecule has 1 unspecified atom stereocenters. The Labute approximate surface area is 162 Å². The molecule has 2 aromatic rings. The van der Waals surface area contributed by atoms with Crippen molar-refractivity contribution in [2.24, 2.45) is 7.05 Å². The molecule has 0 aliphatic carbocycles. The van der Waals surface area contributed by atoms with Crippen molar-refractivity contribution in [1.29, 1.82) is 0 Å². The molecular formula is C21H33N5O. The fourth-order valence-corrected chi connectivity index (χ4v) is 3.48. The van der Waals surface area contributed by atoms with Gasteiger partial charge in [0.15, 0.2) is 0 Å². The van der Waals surface area contributed by atoms with Crippen molar-refractivity contribution in [1.82, 2.24) is 25.3 Å². The van der Waals surface area contributed by atoms with E-state index >= 15 is 0 Å². The molecule has 1 heterocycles. The molecule has 6 nitrogen and oxygen atoms in total. The summed E-state index contributed by atoms with van der Waals surface area (Å²) in [7, 11) is 1.92. The van der Waals surface area contributed by atoms with Crippen molar-refractivity contribution in [3.8, 4) is 0 Å². The molecule has 0 saturated carbocycles. The van der Waals surface area contributed by atoms with Gasteiger partial charge in [0, 0.05) is 31.4 Å². The minimum atomic E-state index is -0.164. The van der Waals surface area contributed by atoms with Crippen molar-refractivity contribution in [2.75, 3.05) is 13.1 Å². The monoisotopic (exact) mass is 371 g/mol. The van der Waals surface area contributed by atoms with E-state index in [0.29, 0.717) is 6.54 Å². The molecule has 0 bridgehead atoms. The van der Waals surface area contributed by atoms with Crippen LogP contribution in [-0.2, 0) is 20.1 Å². The van der Waals surface area contributed by atoms with Crippen LogP contribution < -0.4 is 10.6 Å². The van der Waals surface area contributed by atoms with Crippen LogP contribution in [-0.4, -0.2) is 33.8 Å². The maximum atomic E-state index is 12.4. The van der Waals surface area contributed by atoms with Gasteiger partial charge in [-0.2, -0.15) is 5.10 Å². The number of aromatic nitrogens is 2. The summed E-state index contributed by atoms with van der Waals surface area (Å²) in [5.41, 5.74) is 5.52. The number of hydrogen-bond acceptors (Lipinski definition) is 3. The maximum absolute atomic E-state index is 12.4. The average Bonchev–Trinajstić information content (AvgIpc) is 2.90. The van der Waals surface area contributed by atoms with Gasteiger partial charge in [-0.3, -0.25) is 9.58 Å². The van der Waals surface area contributed by atoms with Gasteiger partial charge in [-0.05, 0) is 45.0 Å². The van der Waals surface area contributed by atoms with Crippen LogP contribution >= 0.6 is 0 Å². The second-order valence-corrected chi connectivity index (χ2v) is 6.99. The molecule has 0 spiro atoms. The third-order valence-corrected chi connectivity index (χ3v) is 5.19. The Morgan fingerprint density at radius 1 is 1.19 bits per heavy atom. The van der Waals surface area contributed by atoms with Gasteiger partial charge in [-0.15, -0.1) is 0 Å². The summed E-state index contributed by atoms with van der Waals surface area (Å²) >= 11 is 0. The van der Waals surface area contributed by atoms with E-state index in [-0.39, 0.29) is 12.1 Å². The Balaban J connectivity index is 1.98. The number of carbonyl (C=O) groups is 1. The first kappa shape index (κ1) is 21.0. The Kier molecular flexibility index (Phi) is 7.42. The molecule has 0 saturated heterocycles. The van der Waals surface area contributed by atoms with E-state index in [9.17, 15) is 4.79 Å². The second-order valence-electron chi connectivity index (χ2n) is 6.99. The van der Waals surface area contributed by atoms with E-state index in [4.69, 9.17) is 0 Å². The predicted molar refractivity (Wildman–Crippen MR) is 110 cm³/mol. The molecule has 1 atom stereocenters. The van der Waals surface area contributed by atoms with Gasteiger partial charge >= 0.3 is 6.03 Å². The number of urea groups is 1. The number of amides is 2. The summed E-state index contributed by atoms with van der Waals surface area (Å²) in [5.74, 6) is 0. The van der Waals surface area contributed by atoms with Crippen LogP contribution in [0.2, 0.25) is 0 Å². The minimum Gasteiger partial charge on any atom is -0.334 e. The Morgan fingerprint density at radius 2 is 1.81 bits per heavy atom. The maximum Gasteiger partial charge on any atom is 0.315 e. The number of rotatable bonds is 8. The zero-order chi connectivity index (χ0) is 20.0. The first-order valence-electron chi connectivity index (χ1n) is 9.70. The Morgan fingerprint density at radius 3 is 2.37 bits per heavy atom. The van der Waals surface area contributed by atoms with Crippen LogP contribution in [0.15, 0.2) is 24.3 Å². The molecule has 6 heteroatoms. The number of nitrogens with one attached hydrogen (secondary N) is 2. The molecule has 2 amide bonds. The minimum absolute atomic E-state index is 0.0929. The molecule has 0 aliphatic heterocycles. The highest BCUT2D eigenvalue weighted by Crippen LogP contribution is 2.20. The van der Waals surface area contributed by atoms with Crippen molar-refractivity contribution in [2.45, 2.75) is 53.8 Å². The van der Waals surface area contributed by atoms with Crippen LogP contribution in [0.5, 0.6) is 0 Å². The molecule has 2 rings (SSSR count). The molecule has 2 N–H and O–H groups in total. The van der Waals surface area contributed by atoms with Gasteiger partial charge in [-0.25, -0.2) is 4.79 Å².